The number of ether oxygens (including phenoxy) is 2. The summed E-state index contributed by atoms with van der Waals surface area (Å²) in [6.45, 7) is 0.791. The average Bonchev–Trinajstić information content (AvgIpc) is 2.83. The number of benzene rings is 2. The molecule has 156 valence electrons. The van der Waals surface area contributed by atoms with Gasteiger partial charge in [0, 0.05) is 36.4 Å². The van der Waals surface area contributed by atoms with Crippen LogP contribution in [0.25, 0.3) is 33.3 Å². The topological polar surface area (TPSA) is 70.4 Å². The van der Waals surface area contributed by atoms with E-state index in [4.69, 9.17) is 14.5 Å². The van der Waals surface area contributed by atoms with Gasteiger partial charge >= 0.3 is 5.97 Å². The first-order valence-electron chi connectivity index (χ1n) is 9.91. The van der Waals surface area contributed by atoms with E-state index in [1.807, 2.05) is 60.7 Å². The van der Waals surface area contributed by atoms with Gasteiger partial charge in [0.25, 0.3) is 5.56 Å². The quantitative estimate of drug-likeness (QED) is 0.443. The lowest BCUT2D eigenvalue weighted by Crippen LogP contribution is -2.23. The zero-order chi connectivity index (χ0) is 21.8. The Balaban J connectivity index is 2.14. The maximum Gasteiger partial charge on any atom is 0.340 e. The van der Waals surface area contributed by atoms with E-state index in [9.17, 15) is 9.59 Å². The first kappa shape index (κ1) is 20.5. The molecule has 4 rings (SSSR count). The minimum Gasteiger partial charge on any atom is -0.465 e. The third-order valence-corrected chi connectivity index (χ3v) is 5.15. The predicted octanol–water partition coefficient (Wildman–Crippen LogP) is 4.16. The standard InChI is InChI=1S/C25H22N2O4/c1-30-16-15-27-14-13-19-20(24(27)28)22(17-9-5-3-6-10-17)26-23(21(19)25(29)31-2)18-11-7-4-8-12-18/h3-14H,15-16H2,1-2H3. The smallest absolute Gasteiger partial charge is 0.340 e. The fraction of sp³-hybridized carbons (Fsp3) is 0.160. The van der Waals surface area contributed by atoms with Crippen LogP contribution in [0, 0.1) is 0 Å². The Labute approximate surface area is 179 Å². The first-order chi connectivity index (χ1) is 15.2. The van der Waals surface area contributed by atoms with Crippen molar-refractivity contribution in [3.05, 3.63) is 88.8 Å². The van der Waals surface area contributed by atoms with Crippen LogP contribution in [-0.2, 0) is 16.0 Å². The van der Waals surface area contributed by atoms with Crippen LogP contribution in [0.15, 0.2) is 77.7 Å². The van der Waals surface area contributed by atoms with Crippen molar-refractivity contribution < 1.29 is 14.3 Å². The molecule has 0 aliphatic heterocycles. The zero-order valence-corrected chi connectivity index (χ0v) is 17.4. The Bertz CT molecular complexity index is 1280. The predicted molar refractivity (Wildman–Crippen MR) is 120 cm³/mol. The van der Waals surface area contributed by atoms with Gasteiger partial charge < -0.3 is 14.0 Å². The average molecular weight is 414 g/mol. The van der Waals surface area contributed by atoms with Crippen LogP contribution < -0.4 is 5.56 Å². The highest BCUT2D eigenvalue weighted by Crippen LogP contribution is 2.34. The lowest BCUT2D eigenvalue weighted by atomic mass is 9.96. The molecule has 0 aliphatic rings. The van der Waals surface area contributed by atoms with Gasteiger partial charge in [-0.1, -0.05) is 60.7 Å². The van der Waals surface area contributed by atoms with E-state index in [0.717, 1.165) is 11.1 Å². The number of rotatable bonds is 6. The Morgan fingerprint density at radius 1 is 0.903 bits per heavy atom. The molecule has 2 aromatic heterocycles. The van der Waals surface area contributed by atoms with Crippen molar-refractivity contribution in [3.8, 4) is 22.5 Å². The number of methoxy groups -OCH3 is 2. The molecule has 6 nitrogen and oxygen atoms in total. The molecule has 0 spiro atoms. The number of esters is 1. The molecule has 6 heteroatoms. The normalized spacial score (nSPS) is 10.9. The molecule has 0 radical (unpaired) electrons. The van der Waals surface area contributed by atoms with Gasteiger partial charge in [0.05, 0.1) is 36.1 Å². The van der Waals surface area contributed by atoms with E-state index in [0.29, 0.717) is 35.3 Å². The largest absolute Gasteiger partial charge is 0.465 e. The van der Waals surface area contributed by atoms with Crippen molar-refractivity contribution in [2.24, 2.45) is 0 Å². The maximum atomic E-state index is 13.5. The number of pyridine rings is 2. The number of fused-ring (bicyclic) bond motifs is 1. The van der Waals surface area contributed by atoms with Crippen molar-refractivity contribution in [2.45, 2.75) is 6.54 Å². The van der Waals surface area contributed by atoms with Gasteiger partial charge in [-0.15, -0.1) is 0 Å². The molecule has 0 atom stereocenters. The van der Waals surface area contributed by atoms with E-state index in [2.05, 4.69) is 0 Å². The molecule has 0 saturated heterocycles. The second kappa shape index (κ2) is 8.93. The lowest BCUT2D eigenvalue weighted by molar-refractivity contribution is 0.0603. The molecule has 0 N–H and O–H groups in total. The van der Waals surface area contributed by atoms with E-state index in [1.165, 1.54) is 7.11 Å². The fourth-order valence-electron chi connectivity index (χ4n) is 3.65. The van der Waals surface area contributed by atoms with Crippen LogP contribution in [0.5, 0.6) is 0 Å². The number of nitrogens with zero attached hydrogens (tertiary/aromatic N) is 2. The van der Waals surface area contributed by atoms with E-state index < -0.39 is 5.97 Å². The Morgan fingerprint density at radius 2 is 1.52 bits per heavy atom. The van der Waals surface area contributed by atoms with Gasteiger partial charge in [-0.2, -0.15) is 0 Å². The van der Waals surface area contributed by atoms with Crippen molar-refractivity contribution in [2.75, 3.05) is 20.8 Å². The minimum atomic E-state index is -0.537. The molecular weight excluding hydrogens is 392 g/mol. The second-order valence-electron chi connectivity index (χ2n) is 7.00. The summed E-state index contributed by atoms with van der Waals surface area (Å²) in [5, 5.41) is 0.892. The number of hydrogen-bond acceptors (Lipinski definition) is 5. The Morgan fingerprint density at radius 3 is 2.10 bits per heavy atom. The van der Waals surface area contributed by atoms with Crippen LogP contribution in [0.1, 0.15) is 10.4 Å². The number of carbonyl (C=O) groups excluding carboxylic acids is 1. The van der Waals surface area contributed by atoms with Crippen LogP contribution in [0.4, 0.5) is 0 Å². The monoisotopic (exact) mass is 414 g/mol. The maximum absolute atomic E-state index is 13.5. The summed E-state index contributed by atoms with van der Waals surface area (Å²) in [6.07, 6.45) is 1.68. The summed E-state index contributed by atoms with van der Waals surface area (Å²) in [7, 11) is 2.92. The molecule has 0 bridgehead atoms. The van der Waals surface area contributed by atoms with Gasteiger partial charge in [-0.05, 0) is 6.07 Å². The first-order valence-corrected chi connectivity index (χ1v) is 9.91. The molecule has 0 unspecified atom stereocenters. The molecule has 31 heavy (non-hydrogen) atoms. The fourth-order valence-corrected chi connectivity index (χ4v) is 3.65. The Kier molecular flexibility index (Phi) is 5.91. The van der Waals surface area contributed by atoms with Crippen LogP contribution in [0.3, 0.4) is 0 Å². The third kappa shape index (κ3) is 3.85. The Hall–Kier alpha value is -3.77. The molecule has 0 fully saturated rings. The van der Waals surface area contributed by atoms with Gasteiger partial charge in [-0.3, -0.25) is 4.79 Å². The molecular formula is C25H22N2O4. The van der Waals surface area contributed by atoms with Crippen LogP contribution in [-0.4, -0.2) is 36.3 Å². The van der Waals surface area contributed by atoms with Gasteiger partial charge in [0.15, 0.2) is 0 Å². The summed E-state index contributed by atoms with van der Waals surface area (Å²) in [4.78, 5) is 31.1. The van der Waals surface area contributed by atoms with Crippen molar-refractivity contribution in [1.29, 1.82) is 0 Å². The van der Waals surface area contributed by atoms with E-state index in [-0.39, 0.29) is 11.1 Å². The molecule has 0 aliphatic carbocycles. The SMILES string of the molecule is COCCn1ccc2c(C(=O)OC)c(-c3ccccc3)nc(-c3ccccc3)c2c1=O. The summed E-state index contributed by atoms with van der Waals surface area (Å²) in [6, 6.07) is 20.7. The van der Waals surface area contributed by atoms with Crippen LogP contribution >= 0.6 is 0 Å². The van der Waals surface area contributed by atoms with Gasteiger partial charge in [-0.25, -0.2) is 9.78 Å². The second-order valence-corrected chi connectivity index (χ2v) is 7.00. The van der Waals surface area contributed by atoms with E-state index in [1.54, 1.807) is 23.9 Å². The summed E-state index contributed by atoms with van der Waals surface area (Å²) in [5.41, 5.74) is 2.62. The lowest BCUT2D eigenvalue weighted by Gasteiger charge is -2.16. The highest BCUT2D eigenvalue weighted by Gasteiger charge is 2.24. The molecule has 0 saturated carbocycles. The van der Waals surface area contributed by atoms with Crippen molar-refractivity contribution >= 4 is 16.7 Å². The number of aromatic nitrogens is 2. The van der Waals surface area contributed by atoms with E-state index >= 15 is 0 Å². The van der Waals surface area contributed by atoms with Gasteiger partial charge in [0.2, 0.25) is 0 Å². The summed E-state index contributed by atoms with van der Waals surface area (Å²) in [5.74, 6) is -0.537. The van der Waals surface area contributed by atoms with Crippen LogP contribution in [0.2, 0.25) is 0 Å². The molecule has 2 aromatic carbocycles. The zero-order valence-electron chi connectivity index (χ0n) is 17.4. The summed E-state index contributed by atoms with van der Waals surface area (Å²) < 4.78 is 11.8. The molecule has 4 aromatic rings. The number of carbonyl (C=O) groups is 1. The van der Waals surface area contributed by atoms with Crippen molar-refractivity contribution in [1.82, 2.24) is 9.55 Å². The highest BCUT2D eigenvalue weighted by atomic mass is 16.5. The van der Waals surface area contributed by atoms with Gasteiger partial charge in [0.1, 0.15) is 0 Å². The highest BCUT2D eigenvalue weighted by molar-refractivity contribution is 6.12. The van der Waals surface area contributed by atoms with Crippen molar-refractivity contribution in [3.63, 3.8) is 0 Å². The molecule has 0 amide bonds. The summed E-state index contributed by atoms with van der Waals surface area (Å²) >= 11 is 0. The third-order valence-electron chi connectivity index (χ3n) is 5.15. The number of hydrogen-bond donors (Lipinski definition) is 0. The minimum absolute atomic E-state index is 0.231. The molecule has 2 heterocycles.